The van der Waals surface area contributed by atoms with E-state index in [1.54, 1.807) is 38.3 Å². The van der Waals surface area contributed by atoms with Crippen LogP contribution < -0.4 is 10.1 Å². The molecule has 0 saturated carbocycles. The number of carbonyl (C=O) groups excluding carboxylic acids is 2. The highest BCUT2D eigenvalue weighted by molar-refractivity contribution is 7.99. The fraction of sp³-hybridized carbons (Fsp3) is 0.231. The molecule has 0 aliphatic heterocycles. The van der Waals surface area contributed by atoms with Crippen molar-refractivity contribution in [3.05, 3.63) is 83.9 Å². The fourth-order valence-electron chi connectivity index (χ4n) is 3.64. The molecule has 36 heavy (non-hydrogen) atoms. The van der Waals surface area contributed by atoms with Gasteiger partial charge in [-0.1, -0.05) is 23.9 Å². The Kier molecular flexibility index (Phi) is 8.06. The zero-order valence-electron chi connectivity index (χ0n) is 20.3. The summed E-state index contributed by atoms with van der Waals surface area (Å²) in [6.45, 7) is 1.99. The third-order valence-electron chi connectivity index (χ3n) is 5.45. The number of amides is 1. The number of carbonyl (C=O) groups is 2. The van der Waals surface area contributed by atoms with Crippen molar-refractivity contribution in [3.63, 3.8) is 0 Å². The van der Waals surface area contributed by atoms with Crippen molar-refractivity contribution in [1.82, 2.24) is 19.3 Å². The van der Waals surface area contributed by atoms with Gasteiger partial charge in [-0.25, -0.2) is 4.79 Å². The van der Waals surface area contributed by atoms with E-state index >= 15 is 0 Å². The van der Waals surface area contributed by atoms with Gasteiger partial charge in [-0.15, -0.1) is 10.2 Å². The molecule has 2 aromatic carbocycles. The lowest BCUT2D eigenvalue weighted by Crippen LogP contribution is -2.17. The van der Waals surface area contributed by atoms with Crippen LogP contribution in [0.1, 0.15) is 28.8 Å². The van der Waals surface area contributed by atoms with Gasteiger partial charge >= 0.3 is 5.97 Å². The summed E-state index contributed by atoms with van der Waals surface area (Å²) in [6, 6.07) is 18.4. The molecule has 4 aromatic rings. The van der Waals surface area contributed by atoms with Crippen LogP contribution in [0, 0.1) is 0 Å². The summed E-state index contributed by atoms with van der Waals surface area (Å²) in [5, 5.41) is 12.2. The minimum absolute atomic E-state index is 0.0790. The number of thioether (sulfide) groups is 1. The number of esters is 1. The highest BCUT2D eigenvalue weighted by Crippen LogP contribution is 2.26. The molecule has 186 valence electrons. The molecule has 1 N–H and O–H groups in total. The molecule has 9 nitrogen and oxygen atoms in total. The summed E-state index contributed by atoms with van der Waals surface area (Å²) in [6.07, 6.45) is 2.56. The molecule has 2 aromatic heterocycles. The van der Waals surface area contributed by atoms with E-state index in [9.17, 15) is 9.59 Å². The molecule has 0 aliphatic carbocycles. The number of rotatable bonds is 10. The minimum Gasteiger partial charge on any atom is -0.497 e. The third kappa shape index (κ3) is 5.77. The van der Waals surface area contributed by atoms with E-state index in [1.807, 2.05) is 58.8 Å². The largest absolute Gasteiger partial charge is 0.497 e. The predicted octanol–water partition coefficient (Wildman–Crippen LogP) is 4.11. The van der Waals surface area contributed by atoms with Gasteiger partial charge < -0.3 is 19.4 Å². The first-order chi connectivity index (χ1) is 17.5. The van der Waals surface area contributed by atoms with Gasteiger partial charge in [-0.2, -0.15) is 0 Å². The number of nitrogens with one attached hydrogen (secondary N) is 1. The van der Waals surface area contributed by atoms with E-state index in [-0.39, 0.29) is 18.3 Å². The topological polar surface area (TPSA) is 100 Å². The Morgan fingerprint density at radius 2 is 1.81 bits per heavy atom. The molecule has 4 rings (SSSR count). The Labute approximate surface area is 213 Å². The van der Waals surface area contributed by atoms with E-state index in [0.717, 1.165) is 23.0 Å². The molecule has 0 atom stereocenters. The predicted molar refractivity (Wildman–Crippen MR) is 138 cm³/mol. The molecule has 0 unspecified atom stereocenters. The van der Waals surface area contributed by atoms with E-state index in [4.69, 9.17) is 9.47 Å². The van der Waals surface area contributed by atoms with Crippen LogP contribution in [0.4, 0.5) is 5.69 Å². The number of hydrogen-bond donors (Lipinski definition) is 1. The number of anilines is 1. The van der Waals surface area contributed by atoms with Crippen LogP contribution in [-0.4, -0.2) is 50.7 Å². The Balaban J connectivity index is 1.54. The second-order valence-electron chi connectivity index (χ2n) is 7.82. The van der Waals surface area contributed by atoms with Crippen LogP contribution in [0.15, 0.2) is 72.0 Å². The molecule has 2 heterocycles. The van der Waals surface area contributed by atoms with Gasteiger partial charge in [0.2, 0.25) is 5.91 Å². The highest BCUT2D eigenvalue weighted by atomic mass is 32.2. The van der Waals surface area contributed by atoms with Crippen LogP contribution in [0.3, 0.4) is 0 Å². The molecule has 0 spiro atoms. The average Bonchev–Trinajstić information content (AvgIpc) is 3.49. The van der Waals surface area contributed by atoms with Crippen LogP contribution in [0.2, 0.25) is 0 Å². The van der Waals surface area contributed by atoms with Crippen molar-refractivity contribution >= 4 is 29.3 Å². The van der Waals surface area contributed by atoms with Crippen LogP contribution in [0.5, 0.6) is 5.75 Å². The SMILES string of the molecule is CCOC(=O)c1ccccc1NC(=O)CSc1nnc(Cc2cccn2C)n1-c1ccc(OC)cc1. The van der Waals surface area contributed by atoms with Gasteiger partial charge in [0.25, 0.3) is 0 Å². The molecule has 0 bridgehead atoms. The zero-order chi connectivity index (χ0) is 25.5. The molecule has 0 radical (unpaired) electrons. The first kappa shape index (κ1) is 25.1. The Morgan fingerprint density at radius 1 is 1.03 bits per heavy atom. The smallest absolute Gasteiger partial charge is 0.340 e. The number of para-hydroxylation sites is 1. The van der Waals surface area contributed by atoms with Gasteiger partial charge in [0.1, 0.15) is 11.6 Å². The van der Waals surface area contributed by atoms with Gasteiger partial charge in [-0.3, -0.25) is 9.36 Å². The van der Waals surface area contributed by atoms with Crippen LogP contribution in [-0.2, 0) is 23.0 Å². The van der Waals surface area contributed by atoms with E-state index < -0.39 is 5.97 Å². The lowest BCUT2D eigenvalue weighted by molar-refractivity contribution is -0.113. The number of aromatic nitrogens is 4. The average molecular weight is 506 g/mol. The maximum atomic E-state index is 12.8. The third-order valence-corrected chi connectivity index (χ3v) is 6.38. The number of benzene rings is 2. The van der Waals surface area contributed by atoms with Crippen molar-refractivity contribution in [2.45, 2.75) is 18.5 Å². The summed E-state index contributed by atoms with van der Waals surface area (Å²) in [4.78, 5) is 25.0. The summed E-state index contributed by atoms with van der Waals surface area (Å²) >= 11 is 1.26. The lowest BCUT2D eigenvalue weighted by Gasteiger charge is -2.12. The maximum Gasteiger partial charge on any atom is 0.340 e. The number of methoxy groups -OCH3 is 1. The van der Waals surface area contributed by atoms with E-state index in [0.29, 0.717) is 22.8 Å². The van der Waals surface area contributed by atoms with Crippen molar-refractivity contribution in [3.8, 4) is 11.4 Å². The Bertz CT molecular complexity index is 1350. The molecular weight excluding hydrogens is 478 g/mol. The van der Waals surface area contributed by atoms with E-state index in [1.165, 1.54) is 11.8 Å². The van der Waals surface area contributed by atoms with Crippen molar-refractivity contribution < 1.29 is 19.1 Å². The van der Waals surface area contributed by atoms with E-state index in [2.05, 4.69) is 15.5 Å². The summed E-state index contributed by atoms with van der Waals surface area (Å²) in [5.74, 6) is 0.813. The Morgan fingerprint density at radius 3 is 2.50 bits per heavy atom. The summed E-state index contributed by atoms with van der Waals surface area (Å²) in [5.41, 5.74) is 2.66. The monoisotopic (exact) mass is 505 g/mol. The molecule has 0 aliphatic rings. The van der Waals surface area contributed by atoms with Crippen molar-refractivity contribution in [2.24, 2.45) is 7.05 Å². The van der Waals surface area contributed by atoms with Crippen molar-refractivity contribution in [2.75, 3.05) is 24.8 Å². The molecule has 0 saturated heterocycles. The fourth-order valence-corrected chi connectivity index (χ4v) is 4.41. The first-order valence-corrected chi connectivity index (χ1v) is 12.4. The van der Waals surface area contributed by atoms with Crippen LogP contribution in [0.25, 0.3) is 5.69 Å². The molecule has 1 amide bonds. The van der Waals surface area contributed by atoms with Gasteiger partial charge in [-0.05, 0) is 55.5 Å². The maximum absolute atomic E-state index is 12.8. The number of ether oxygens (including phenoxy) is 2. The number of hydrogen-bond acceptors (Lipinski definition) is 7. The molecular formula is C26H27N5O4S. The van der Waals surface area contributed by atoms with Gasteiger partial charge in [0, 0.05) is 31.0 Å². The second kappa shape index (κ2) is 11.6. The summed E-state index contributed by atoms with van der Waals surface area (Å²) in [7, 11) is 3.60. The van der Waals surface area contributed by atoms with Gasteiger partial charge in [0.15, 0.2) is 5.16 Å². The summed E-state index contributed by atoms with van der Waals surface area (Å²) < 4.78 is 14.4. The Hall–Kier alpha value is -4.05. The number of aryl methyl sites for hydroxylation is 1. The first-order valence-electron chi connectivity index (χ1n) is 11.4. The van der Waals surface area contributed by atoms with Crippen molar-refractivity contribution in [1.29, 1.82) is 0 Å². The zero-order valence-corrected chi connectivity index (χ0v) is 21.1. The molecule has 0 fully saturated rings. The standard InChI is InChI=1S/C26H27N5O4S/c1-4-35-25(33)21-9-5-6-10-22(21)27-24(32)17-36-26-29-28-23(16-19-8-7-15-30(19)2)31(26)18-11-13-20(34-3)14-12-18/h5-15H,4,16-17H2,1-3H3,(H,27,32). The quantitative estimate of drug-likeness (QED) is 0.256. The number of nitrogens with zero attached hydrogens (tertiary/aromatic N) is 4. The minimum atomic E-state index is -0.481. The van der Waals surface area contributed by atoms with Gasteiger partial charge in [0.05, 0.1) is 30.7 Å². The second-order valence-corrected chi connectivity index (χ2v) is 8.76. The normalized spacial score (nSPS) is 10.8. The molecule has 10 heteroatoms. The highest BCUT2D eigenvalue weighted by Gasteiger charge is 2.19. The lowest BCUT2D eigenvalue weighted by atomic mass is 10.2. The van der Waals surface area contributed by atoms with Crippen LogP contribution >= 0.6 is 11.8 Å².